The molecule has 0 bridgehead atoms. The van der Waals surface area contributed by atoms with E-state index in [-0.39, 0.29) is 29.2 Å². The van der Waals surface area contributed by atoms with Gasteiger partial charge in [0.1, 0.15) is 0 Å². The van der Waals surface area contributed by atoms with E-state index in [9.17, 15) is 23.3 Å². The first-order chi connectivity index (χ1) is 10.6. The van der Waals surface area contributed by atoms with Gasteiger partial charge in [-0.05, 0) is 38.3 Å². The Morgan fingerprint density at radius 1 is 1.39 bits per heavy atom. The van der Waals surface area contributed by atoms with Crippen molar-refractivity contribution in [1.82, 2.24) is 4.31 Å². The van der Waals surface area contributed by atoms with Crippen LogP contribution in [0.25, 0.3) is 0 Å². The molecule has 9 heteroatoms. The van der Waals surface area contributed by atoms with E-state index in [1.807, 2.05) is 0 Å². The monoisotopic (exact) mass is 342 g/mol. The zero-order valence-corrected chi connectivity index (χ0v) is 13.7. The Bertz CT molecular complexity index is 759. The first kappa shape index (κ1) is 17.4. The molecular formula is C14H18N2O6S. The van der Waals surface area contributed by atoms with Crippen LogP contribution in [0.1, 0.15) is 24.0 Å². The van der Waals surface area contributed by atoms with Crippen molar-refractivity contribution in [1.29, 1.82) is 0 Å². The van der Waals surface area contributed by atoms with Gasteiger partial charge in [0.25, 0.3) is 5.69 Å². The number of carboxylic acids is 1. The first-order valence-electron chi connectivity index (χ1n) is 7.13. The molecule has 0 saturated carbocycles. The van der Waals surface area contributed by atoms with E-state index in [1.54, 1.807) is 6.92 Å². The summed E-state index contributed by atoms with van der Waals surface area (Å²) in [5.41, 5.74) is 0.279. The van der Waals surface area contributed by atoms with Crippen molar-refractivity contribution in [3.63, 3.8) is 0 Å². The van der Waals surface area contributed by atoms with Crippen LogP contribution < -0.4 is 0 Å². The molecular weight excluding hydrogens is 324 g/mol. The molecule has 8 nitrogen and oxygen atoms in total. The molecule has 1 aromatic rings. The van der Waals surface area contributed by atoms with Crippen LogP contribution in [-0.2, 0) is 14.8 Å². The molecule has 2 rings (SSSR count). The Kier molecular flexibility index (Phi) is 4.71. The average molecular weight is 342 g/mol. The van der Waals surface area contributed by atoms with Gasteiger partial charge in [-0.15, -0.1) is 0 Å². The number of nitrogens with zero attached hydrogens (tertiary/aromatic N) is 2. The minimum absolute atomic E-state index is 0.0676. The largest absolute Gasteiger partial charge is 0.481 e. The van der Waals surface area contributed by atoms with Crippen LogP contribution in [0.15, 0.2) is 17.0 Å². The molecule has 0 spiro atoms. The van der Waals surface area contributed by atoms with Gasteiger partial charge in [-0.3, -0.25) is 14.9 Å². The van der Waals surface area contributed by atoms with E-state index in [0.717, 1.165) is 4.31 Å². The Labute approximate surface area is 133 Å². The standard InChI is InChI=1S/C14H18N2O6S/c1-9-6-12(16(19)20)10(2)13(7-9)23(21,22)15-5-3-4-11(8-15)14(17)18/h6-7,11H,3-5,8H2,1-2H3,(H,17,18). The second kappa shape index (κ2) is 6.25. The zero-order chi connectivity index (χ0) is 17.4. The van der Waals surface area contributed by atoms with Crippen LogP contribution in [0, 0.1) is 29.9 Å². The number of rotatable bonds is 4. The average Bonchev–Trinajstić information content (AvgIpc) is 2.48. The number of piperidine rings is 1. The summed E-state index contributed by atoms with van der Waals surface area (Å²) < 4.78 is 26.7. The molecule has 1 heterocycles. The predicted octanol–water partition coefficient (Wildman–Crippen LogP) is 1.70. The molecule has 0 aromatic heterocycles. The molecule has 126 valence electrons. The highest BCUT2D eigenvalue weighted by molar-refractivity contribution is 7.89. The minimum atomic E-state index is -3.97. The second-order valence-electron chi connectivity index (χ2n) is 5.70. The molecule has 1 atom stereocenters. The van der Waals surface area contributed by atoms with Crippen molar-refractivity contribution < 1.29 is 23.2 Å². The number of hydrogen-bond acceptors (Lipinski definition) is 5. The molecule has 1 fully saturated rings. The maximum absolute atomic E-state index is 12.8. The number of aliphatic carboxylic acids is 1. The highest BCUT2D eigenvalue weighted by Crippen LogP contribution is 2.31. The molecule has 1 aliphatic rings. The van der Waals surface area contributed by atoms with Gasteiger partial charge in [-0.2, -0.15) is 4.31 Å². The predicted molar refractivity (Wildman–Crippen MR) is 81.7 cm³/mol. The van der Waals surface area contributed by atoms with Crippen molar-refractivity contribution in [2.45, 2.75) is 31.6 Å². The summed E-state index contributed by atoms with van der Waals surface area (Å²) in [4.78, 5) is 21.5. The molecule has 1 N–H and O–H groups in total. The Morgan fingerprint density at radius 3 is 2.61 bits per heavy atom. The van der Waals surface area contributed by atoms with Crippen molar-refractivity contribution in [2.24, 2.45) is 5.92 Å². The molecule has 1 saturated heterocycles. The molecule has 23 heavy (non-hydrogen) atoms. The molecule has 0 aliphatic carbocycles. The summed E-state index contributed by atoms with van der Waals surface area (Å²) in [6.45, 7) is 3.08. The lowest BCUT2D eigenvalue weighted by Gasteiger charge is -2.30. The maximum atomic E-state index is 12.8. The van der Waals surface area contributed by atoms with Crippen LogP contribution in [0.2, 0.25) is 0 Å². The number of nitro benzene ring substituents is 1. The third-order valence-electron chi connectivity index (χ3n) is 4.02. The molecule has 1 aromatic carbocycles. The Hall–Kier alpha value is -2.00. The lowest BCUT2D eigenvalue weighted by molar-refractivity contribution is -0.385. The fraction of sp³-hybridized carbons (Fsp3) is 0.500. The SMILES string of the molecule is Cc1cc([N+](=O)[O-])c(C)c(S(=O)(=O)N2CCCC(C(=O)O)C2)c1. The lowest BCUT2D eigenvalue weighted by atomic mass is 10.0. The quantitative estimate of drug-likeness (QED) is 0.657. The van der Waals surface area contributed by atoms with Crippen molar-refractivity contribution in [2.75, 3.05) is 13.1 Å². The number of carbonyl (C=O) groups is 1. The number of carboxylic acid groups (broad SMARTS) is 1. The van der Waals surface area contributed by atoms with E-state index in [2.05, 4.69) is 0 Å². The molecule has 0 radical (unpaired) electrons. The van der Waals surface area contributed by atoms with Gasteiger partial charge < -0.3 is 5.11 Å². The molecule has 1 unspecified atom stereocenters. The van der Waals surface area contributed by atoms with E-state index >= 15 is 0 Å². The van der Waals surface area contributed by atoms with E-state index in [1.165, 1.54) is 19.1 Å². The van der Waals surface area contributed by atoms with E-state index in [4.69, 9.17) is 5.11 Å². The molecule has 0 amide bonds. The Morgan fingerprint density at radius 2 is 2.04 bits per heavy atom. The minimum Gasteiger partial charge on any atom is -0.481 e. The number of nitro groups is 1. The molecule has 1 aliphatic heterocycles. The first-order valence-corrected chi connectivity index (χ1v) is 8.57. The topological polar surface area (TPSA) is 118 Å². The van der Waals surface area contributed by atoms with E-state index < -0.39 is 26.8 Å². The highest BCUT2D eigenvalue weighted by Gasteiger charge is 2.35. The summed E-state index contributed by atoms with van der Waals surface area (Å²) in [5.74, 6) is -1.78. The van der Waals surface area contributed by atoms with Crippen molar-refractivity contribution in [3.05, 3.63) is 33.4 Å². The Balaban J connectivity index is 2.48. The van der Waals surface area contributed by atoms with Gasteiger partial charge in [0.2, 0.25) is 10.0 Å². The number of hydrogen-bond donors (Lipinski definition) is 1. The van der Waals surface area contributed by atoms with Crippen molar-refractivity contribution >= 4 is 21.7 Å². The highest BCUT2D eigenvalue weighted by atomic mass is 32.2. The van der Waals surface area contributed by atoms with Gasteiger partial charge in [0.05, 0.1) is 15.7 Å². The maximum Gasteiger partial charge on any atom is 0.307 e. The van der Waals surface area contributed by atoms with E-state index in [0.29, 0.717) is 18.4 Å². The number of benzene rings is 1. The zero-order valence-electron chi connectivity index (χ0n) is 12.9. The van der Waals surface area contributed by atoms with Gasteiger partial charge in [-0.1, -0.05) is 0 Å². The third kappa shape index (κ3) is 3.35. The van der Waals surface area contributed by atoms with Crippen LogP contribution in [-0.4, -0.2) is 41.8 Å². The fourth-order valence-electron chi connectivity index (χ4n) is 2.77. The number of sulfonamides is 1. The van der Waals surface area contributed by atoms with Gasteiger partial charge in [-0.25, -0.2) is 8.42 Å². The number of aryl methyl sites for hydroxylation is 1. The van der Waals surface area contributed by atoms with Crippen LogP contribution in [0.3, 0.4) is 0 Å². The van der Waals surface area contributed by atoms with Crippen LogP contribution in [0.4, 0.5) is 5.69 Å². The normalized spacial score (nSPS) is 19.5. The summed E-state index contributed by atoms with van der Waals surface area (Å²) in [7, 11) is -3.97. The smallest absolute Gasteiger partial charge is 0.307 e. The van der Waals surface area contributed by atoms with Gasteiger partial charge in [0, 0.05) is 24.7 Å². The summed E-state index contributed by atoms with van der Waals surface area (Å²) in [6.07, 6.45) is 0.872. The summed E-state index contributed by atoms with van der Waals surface area (Å²) in [6, 6.07) is 2.71. The summed E-state index contributed by atoms with van der Waals surface area (Å²) >= 11 is 0. The summed E-state index contributed by atoms with van der Waals surface area (Å²) in [5, 5.41) is 20.2. The fourth-order valence-corrected chi connectivity index (χ4v) is 4.62. The lowest BCUT2D eigenvalue weighted by Crippen LogP contribution is -2.42. The van der Waals surface area contributed by atoms with Gasteiger partial charge in [0.15, 0.2) is 0 Å². The van der Waals surface area contributed by atoms with Crippen molar-refractivity contribution in [3.8, 4) is 0 Å². The van der Waals surface area contributed by atoms with Crippen LogP contribution >= 0.6 is 0 Å². The van der Waals surface area contributed by atoms with Gasteiger partial charge >= 0.3 is 5.97 Å². The second-order valence-corrected chi connectivity index (χ2v) is 7.61. The third-order valence-corrected chi connectivity index (χ3v) is 6.02. The van der Waals surface area contributed by atoms with Crippen LogP contribution in [0.5, 0.6) is 0 Å².